The van der Waals surface area contributed by atoms with Crippen LogP contribution in [0, 0.1) is 0 Å². The van der Waals surface area contributed by atoms with Crippen LogP contribution in [0.2, 0.25) is 0 Å². The summed E-state index contributed by atoms with van der Waals surface area (Å²) < 4.78 is 10.8. The Morgan fingerprint density at radius 2 is 2.15 bits per heavy atom. The molecule has 3 rings (SSSR count). The van der Waals surface area contributed by atoms with Crippen LogP contribution in [0.3, 0.4) is 0 Å². The smallest absolute Gasteiger partial charge is 0.131 e. The molecule has 1 aliphatic heterocycles. The van der Waals surface area contributed by atoms with Crippen LogP contribution in [0.25, 0.3) is 0 Å². The van der Waals surface area contributed by atoms with Crippen molar-refractivity contribution in [1.82, 2.24) is 9.97 Å². The molecule has 0 spiro atoms. The number of nitrogens with zero attached hydrogens (tertiary/aromatic N) is 2. The number of ether oxygens (including phenoxy) is 1. The zero-order valence-corrected chi connectivity index (χ0v) is 11.2. The third-order valence-corrected chi connectivity index (χ3v) is 3.23. The summed E-state index contributed by atoms with van der Waals surface area (Å²) in [5.74, 6) is 2.45. The van der Waals surface area contributed by atoms with Gasteiger partial charge >= 0.3 is 0 Å². The zero-order valence-electron chi connectivity index (χ0n) is 11.2. The molecule has 1 aliphatic rings. The van der Waals surface area contributed by atoms with Crippen LogP contribution in [-0.2, 0) is 11.3 Å². The number of rotatable bonds is 6. The van der Waals surface area contributed by atoms with Gasteiger partial charge in [-0.3, -0.25) is 0 Å². The van der Waals surface area contributed by atoms with Crippen LogP contribution in [0.15, 0.2) is 35.2 Å². The summed E-state index contributed by atoms with van der Waals surface area (Å²) in [6.07, 6.45) is 5.76. The van der Waals surface area contributed by atoms with E-state index in [9.17, 15) is 0 Å². The van der Waals surface area contributed by atoms with Crippen molar-refractivity contribution in [2.24, 2.45) is 0 Å². The Labute approximate surface area is 117 Å². The van der Waals surface area contributed by atoms with Crippen molar-refractivity contribution in [3.63, 3.8) is 0 Å². The van der Waals surface area contributed by atoms with Crippen LogP contribution < -0.4 is 10.6 Å². The summed E-state index contributed by atoms with van der Waals surface area (Å²) in [6, 6.07) is 5.67. The maximum Gasteiger partial charge on any atom is 0.131 e. The largest absolute Gasteiger partial charge is 0.467 e. The molecule has 1 saturated heterocycles. The fourth-order valence-corrected chi connectivity index (χ4v) is 2.17. The minimum Gasteiger partial charge on any atom is -0.467 e. The highest BCUT2D eigenvalue weighted by molar-refractivity contribution is 5.46. The van der Waals surface area contributed by atoms with Gasteiger partial charge < -0.3 is 19.8 Å². The van der Waals surface area contributed by atoms with Crippen LogP contribution in [-0.4, -0.2) is 29.2 Å². The number of furan rings is 1. The molecule has 0 saturated carbocycles. The first-order chi connectivity index (χ1) is 9.90. The van der Waals surface area contributed by atoms with E-state index in [-0.39, 0.29) is 0 Å². The van der Waals surface area contributed by atoms with Crippen LogP contribution in [0.5, 0.6) is 0 Å². The lowest BCUT2D eigenvalue weighted by Crippen LogP contribution is -2.19. The standard InChI is InChI=1S/C14H18N4O2/c1-3-11(19-5-1)8-15-13-7-14(18-10-17-13)16-9-12-4-2-6-20-12/h1,3,5,7,10,12H,2,4,6,8-9H2,(H2,15,16,17,18). The molecular formula is C14H18N4O2. The second-order valence-corrected chi connectivity index (χ2v) is 4.74. The van der Waals surface area contributed by atoms with Crippen molar-refractivity contribution in [3.8, 4) is 0 Å². The maximum absolute atomic E-state index is 5.57. The Bertz CT molecular complexity index is 524. The van der Waals surface area contributed by atoms with Crippen molar-refractivity contribution in [2.75, 3.05) is 23.8 Å². The number of hydrogen-bond donors (Lipinski definition) is 2. The summed E-state index contributed by atoms with van der Waals surface area (Å²) in [6.45, 7) is 2.26. The van der Waals surface area contributed by atoms with Crippen LogP contribution in [0.1, 0.15) is 18.6 Å². The number of aromatic nitrogens is 2. The molecule has 1 atom stereocenters. The number of hydrogen-bond acceptors (Lipinski definition) is 6. The van der Waals surface area contributed by atoms with Gasteiger partial charge in [0.15, 0.2) is 0 Å². The Balaban J connectivity index is 1.52. The molecule has 3 heterocycles. The molecule has 0 amide bonds. The van der Waals surface area contributed by atoms with Gasteiger partial charge in [0.2, 0.25) is 0 Å². The maximum atomic E-state index is 5.57. The Kier molecular flexibility index (Phi) is 4.13. The van der Waals surface area contributed by atoms with Gasteiger partial charge in [-0.25, -0.2) is 9.97 Å². The molecule has 2 aromatic heterocycles. The van der Waals surface area contributed by atoms with Gasteiger partial charge in [0.1, 0.15) is 23.7 Å². The summed E-state index contributed by atoms with van der Waals surface area (Å²) >= 11 is 0. The van der Waals surface area contributed by atoms with Gasteiger partial charge in [0.05, 0.1) is 18.9 Å². The molecule has 0 aliphatic carbocycles. The Morgan fingerprint density at radius 3 is 2.90 bits per heavy atom. The van der Waals surface area contributed by atoms with Gasteiger partial charge in [0, 0.05) is 19.2 Å². The van der Waals surface area contributed by atoms with Crippen molar-refractivity contribution >= 4 is 11.6 Å². The molecule has 106 valence electrons. The molecule has 6 heteroatoms. The molecule has 2 aromatic rings. The molecule has 0 aromatic carbocycles. The lowest BCUT2D eigenvalue weighted by molar-refractivity contribution is 0.120. The van der Waals surface area contributed by atoms with Gasteiger partial charge in [0.25, 0.3) is 0 Å². The predicted molar refractivity (Wildman–Crippen MR) is 75.5 cm³/mol. The highest BCUT2D eigenvalue weighted by atomic mass is 16.5. The first kappa shape index (κ1) is 12.9. The zero-order chi connectivity index (χ0) is 13.6. The highest BCUT2D eigenvalue weighted by Crippen LogP contribution is 2.14. The minimum atomic E-state index is 0.296. The number of anilines is 2. The lowest BCUT2D eigenvalue weighted by Gasteiger charge is -2.11. The van der Waals surface area contributed by atoms with E-state index < -0.39 is 0 Å². The molecule has 1 fully saturated rings. The molecule has 0 radical (unpaired) electrons. The lowest BCUT2D eigenvalue weighted by atomic mass is 10.2. The summed E-state index contributed by atoms with van der Waals surface area (Å²) in [5.41, 5.74) is 0. The van der Waals surface area contributed by atoms with E-state index in [4.69, 9.17) is 9.15 Å². The average molecular weight is 274 g/mol. The van der Waals surface area contributed by atoms with Crippen LogP contribution >= 0.6 is 0 Å². The third-order valence-electron chi connectivity index (χ3n) is 3.23. The quantitative estimate of drug-likeness (QED) is 0.842. The predicted octanol–water partition coefficient (Wildman–Crippen LogP) is 2.27. The summed E-state index contributed by atoms with van der Waals surface area (Å²) in [4.78, 5) is 8.39. The van der Waals surface area contributed by atoms with Gasteiger partial charge in [-0.2, -0.15) is 0 Å². The van der Waals surface area contributed by atoms with E-state index in [1.165, 1.54) is 0 Å². The van der Waals surface area contributed by atoms with Crippen molar-refractivity contribution in [3.05, 3.63) is 36.5 Å². The molecule has 20 heavy (non-hydrogen) atoms. The van der Waals surface area contributed by atoms with Gasteiger partial charge in [-0.05, 0) is 25.0 Å². The highest BCUT2D eigenvalue weighted by Gasteiger charge is 2.15. The van der Waals surface area contributed by atoms with E-state index in [0.29, 0.717) is 12.6 Å². The van der Waals surface area contributed by atoms with E-state index in [1.807, 2.05) is 18.2 Å². The Hall–Kier alpha value is -2.08. The fraction of sp³-hybridized carbons (Fsp3) is 0.429. The average Bonchev–Trinajstić information content (AvgIpc) is 3.17. The van der Waals surface area contributed by atoms with Gasteiger partial charge in [-0.15, -0.1) is 0 Å². The number of nitrogens with one attached hydrogen (secondary N) is 2. The van der Waals surface area contributed by atoms with Crippen molar-refractivity contribution in [2.45, 2.75) is 25.5 Å². The summed E-state index contributed by atoms with van der Waals surface area (Å²) in [5, 5.41) is 6.48. The van der Waals surface area contributed by atoms with E-state index in [1.54, 1.807) is 12.6 Å². The van der Waals surface area contributed by atoms with Crippen molar-refractivity contribution in [1.29, 1.82) is 0 Å². The topological polar surface area (TPSA) is 72.2 Å². The SMILES string of the molecule is c1coc(CNc2cc(NCC3CCCO3)ncn2)c1. The molecular weight excluding hydrogens is 256 g/mol. The van der Waals surface area contributed by atoms with E-state index >= 15 is 0 Å². The molecule has 1 unspecified atom stereocenters. The van der Waals surface area contributed by atoms with Crippen molar-refractivity contribution < 1.29 is 9.15 Å². The Morgan fingerprint density at radius 1 is 1.25 bits per heavy atom. The third kappa shape index (κ3) is 3.48. The molecule has 2 N–H and O–H groups in total. The molecule has 6 nitrogen and oxygen atoms in total. The van der Waals surface area contributed by atoms with Gasteiger partial charge in [-0.1, -0.05) is 0 Å². The van der Waals surface area contributed by atoms with E-state index in [2.05, 4.69) is 20.6 Å². The second kappa shape index (κ2) is 6.38. The van der Waals surface area contributed by atoms with E-state index in [0.717, 1.165) is 43.4 Å². The summed E-state index contributed by atoms with van der Waals surface area (Å²) in [7, 11) is 0. The minimum absolute atomic E-state index is 0.296. The first-order valence-electron chi connectivity index (χ1n) is 6.84. The first-order valence-corrected chi connectivity index (χ1v) is 6.84. The normalized spacial score (nSPS) is 18.1. The molecule has 0 bridgehead atoms. The fourth-order valence-electron chi connectivity index (χ4n) is 2.17. The second-order valence-electron chi connectivity index (χ2n) is 4.74. The van der Waals surface area contributed by atoms with Crippen LogP contribution in [0.4, 0.5) is 11.6 Å². The monoisotopic (exact) mass is 274 g/mol.